The number of rotatable bonds is 10. The smallest absolute Gasteiger partial charge is 0.313 e. The lowest BCUT2D eigenvalue weighted by atomic mass is 10.1. The second kappa shape index (κ2) is 10.4. The van der Waals surface area contributed by atoms with Crippen LogP contribution in [0, 0.1) is 11.8 Å². The van der Waals surface area contributed by atoms with Gasteiger partial charge in [0.05, 0.1) is 13.2 Å². The molecule has 0 aromatic rings. The molecule has 0 spiro atoms. The molecule has 0 heterocycles. The summed E-state index contributed by atoms with van der Waals surface area (Å²) in [6.07, 6.45) is 0.795. The quantitative estimate of drug-likeness (QED) is 0.456. The van der Waals surface area contributed by atoms with Crippen molar-refractivity contribution in [1.82, 2.24) is 0 Å². The molecule has 0 aliphatic heterocycles. The first kappa shape index (κ1) is 18.6. The van der Waals surface area contributed by atoms with Crippen molar-refractivity contribution in [2.24, 2.45) is 11.8 Å². The Hall–Kier alpha value is -1.39. The van der Waals surface area contributed by atoms with Crippen LogP contribution >= 0.6 is 0 Å². The van der Waals surface area contributed by atoms with E-state index in [4.69, 9.17) is 9.47 Å². The number of esters is 2. The molecule has 0 N–H and O–H groups in total. The van der Waals surface area contributed by atoms with Crippen LogP contribution in [0.3, 0.4) is 0 Å². The summed E-state index contributed by atoms with van der Waals surface area (Å²) in [4.78, 5) is 34.1. The molecule has 5 heteroatoms. The molecule has 0 unspecified atom stereocenters. The highest BCUT2D eigenvalue weighted by atomic mass is 16.5. The SMILES string of the molecule is CC(C)CCOC(=O)CC(=O)CC(=O)OCCC(C)C. The topological polar surface area (TPSA) is 69.7 Å². The molecule has 0 radical (unpaired) electrons. The minimum absolute atomic E-state index is 0.308. The van der Waals surface area contributed by atoms with Gasteiger partial charge in [-0.3, -0.25) is 14.4 Å². The second-order valence-corrected chi connectivity index (χ2v) is 5.70. The molecule has 0 rings (SSSR count). The summed E-state index contributed by atoms with van der Waals surface area (Å²) in [7, 11) is 0. The van der Waals surface area contributed by atoms with Crippen LogP contribution in [-0.4, -0.2) is 30.9 Å². The van der Waals surface area contributed by atoms with E-state index in [1.54, 1.807) is 0 Å². The first-order valence-electron chi connectivity index (χ1n) is 7.14. The van der Waals surface area contributed by atoms with Gasteiger partial charge in [-0.25, -0.2) is 0 Å². The molecule has 0 bridgehead atoms. The van der Waals surface area contributed by atoms with E-state index in [-0.39, 0.29) is 12.8 Å². The zero-order chi connectivity index (χ0) is 15.5. The Balaban J connectivity index is 3.75. The standard InChI is InChI=1S/C15H26O5/c1-11(2)5-7-19-14(17)9-13(16)10-15(18)20-8-6-12(3)4/h11-12H,5-10H2,1-4H3. The molecular formula is C15H26O5. The molecule has 20 heavy (non-hydrogen) atoms. The fourth-order valence-electron chi connectivity index (χ4n) is 1.30. The zero-order valence-electron chi connectivity index (χ0n) is 12.9. The number of ether oxygens (including phenoxy) is 2. The minimum Gasteiger partial charge on any atom is -0.465 e. The Morgan fingerprint density at radius 3 is 1.40 bits per heavy atom. The highest BCUT2D eigenvalue weighted by Crippen LogP contribution is 2.03. The molecule has 0 aliphatic rings. The minimum atomic E-state index is -0.578. The van der Waals surface area contributed by atoms with Gasteiger partial charge in [-0.1, -0.05) is 27.7 Å². The normalized spacial score (nSPS) is 10.7. The molecule has 0 amide bonds. The Morgan fingerprint density at radius 1 is 0.750 bits per heavy atom. The first-order valence-corrected chi connectivity index (χ1v) is 7.14. The molecular weight excluding hydrogens is 260 g/mol. The van der Waals surface area contributed by atoms with Gasteiger partial charge < -0.3 is 9.47 Å². The third-order valence-electron chi connectivity index (χ3n) is 2.60. The van der Waals surface area contributed by atoms with E-state index in [1.165, 1.54) is 0 Å². The second-order valence-electron chi connectivity index (χ2n) is 5.70. The van der Waals surface area contributed by atoms with Gasteiger partial charge in [0.15, 0.2) is 5.78 Å². The maximum absolute atomic E-state index is 11.5. The van der Waals surface area contributed by atoms with Gasteiger partial charge in [-0.05, 0) is 24.7 Å². The van der Waals surface area contributed by atoms with Crippen LogP contribution in [0.15, 0.2) is 0 Å². The van der Waals surface area contributed by atoms with Gasteiger partial charge in [0.2, 0.25) is 0 Å². The van der Waals surface area contributed by atoms with Crippen LogP contribution in [0.5, 0.6) is 0 Å². The third-order valence-corrected chi connectivity index (χ3v) is 2.60. The molecule has 0 saturated carbocycles. The number of carbonyl (C=O) groups is 3. The first-order chi connectivity index (χ1) is 9.31. The molecule has 5 nitrogen and oxygen atoms in total. The Morgan fingerprint density at radius 2 is 1.10 bits per heavy atom. The van der Waals surface area contributed by atoms with Gasteiger partial charge in [0.25, 0.3) is 0 Å². The highest BCUT2D eigenvalue weighted by molar-refractivity contribution is 6.03. The van der Waals surface area contributed by atoms with Crippen LogP contribution in [0.25, 0.3) is 0 Å². The zero-order valence-corrected chi connectivity index (χ0v) is 12.9. The Labute approximate surface area is 121 Å². The van der Waals surface area contributed by atoms with Crippen molar-refractivity contribution < 1.29 is 23.9 Å². The van der Waals surface area contributed by atoms with Gasteiger partial charge in [0.1, 0.15) is 12.8 Å². The van der Waals surface area contributed by atoms with Crippen LogP contribution < -0.4 is 0 Å². The predicted molar refractivity (Wildman–Crippen MR) is 75.1 cm³/mol. The van der Waals surface area contributed by atoms with E-state index in [1.807, 2.05) is 27.7 Å². The summed E-state index contributed by atoms with van der Waals surface area (Å²) in [5.74, 6) is -0.741. The molecule has 0 aliphatic carbocycles. The average Bonchev–Trinajstić information content (AvgIpc) is 2.26. The van der Waals surface area contributed by atoms with E-state index in [2.05, 4.69) is 0 Å². The number of carbonyl (C=O) groups excluding carboxylic acids is 3. The summed E-state index contributed by atoms with van der Waals surface area (Å²) in [5, 5.41) is 0. The molecule has 0 aromatic carbocycles. The lowest BCUT2D eigenvalue weighted by molar-refractivity contribution is -0.149. The summed E-state index contributed by atoms with van der Waals surface area (Å²) in [6.45, 7) is 8.70. The number of ketones is 1. The van der Waals surface area contributed by atoms with E-state index in [0.717, 1.165) is 12.8 Å². The largest absolute Gasteiger partial charge is 0.465 e. The fraction of sp³-hybridized carbons (Fsp3) is 0.800. The lowest BCUT2D eigenvalue weighted by Crippen LogP contribution is -2.17. The van der Waals surface area contributed by atoms with Crippen LogP contribution in [-0.2, 0) is 23.9 Å². The van der Waals surface area contributed by atoms with Crippen molar-refractivity contribution in [1.29, 1.82) is 0 Å². The molecule has 0 aromatic heterocycles. The predicted octanol–water partition coefficient (Wildman–Crippen LogP) is 2.51. The van der Waals surface area contributed by atoms with Gasteiger partial charge >= 0.3 is 11.9 Å². The van der Waals surface area contributed by atoms with Crippen LogP contribution in [0.4, 0.5) is 0 Å². The van der Waals surface area contributed by atoms with E-state index >= 15 is 0 Å². The monoisotopic (exact) mass is 286 g/mol. The van der Waals surface area contributed by atoms with Crippen molar-refractivity contribution in [2.45, 2.75) is 53.4 Å². The van der Waals surface area contributed by atoms with Gasteiger partial charge in [-0.2, -0.15) is 0 Å². The molecule has 0 saturated heterocycles. The van der Waals surface area contributed by atoms with Crippen LogP contribution in [0.1, 0.15) is 53.4 Å². The number of hydrogen-bond donors (Lipinski definition) is 0. The Kier molecular flexibility index (Phi) is 9.68. The molecule has 116 valence electrons. The van der Waals surface area contributed by atoms with Gasteiger partial charge in [-0.15, -0.1) is 0 Å². The van der Waals surface area contributed by atoms with E-state index in [9.17, 15) is 14.4 Å². The highest BCUT2D eigenvalue weighted by Gasteiger charge is 2.16. The molecule has 0 atom stereocenters. The maximum Gasteiger partial charge on any atom is 0.313 e. The maximum atomic E-state index is 11.5. The van der Waals surface area contributed by atoms with E-state index in [0.29, 0.717) is 25.0 Å². The van der Waals surface area contributed by atoms with Crippen molar-refractivity contribution >= 4 is 17.7 Å². The Bertz CT molecular complexity index is 290. The summed E-state index contributed by atoms with van der Waals surface area (Å²) in [5.41, 5.74) is 0. The number of Topliss-reactive ketones (excluding diaryl/α,β-unsaturated/α-hetero) is 1. The van der Waals surface area contributed by atoms with E-state index < -0.39 is 17.7 Å². The third kappa shape index (κ3) is 11.7. The average molecular weight is 286 g/mol. The van der Waals surface area contributed by atoms with Crippen molar-refractivity contribution in [3.63, 3.8) is 0 Å². The van der Waals surface area contributed by atoms with Crippen molar-refractivity contribution in [3.05, 3.63) is 0 Å². The van der Waals surface area contributed by atoms with Gasteiger partial charge in [0, 0.05) is 0 Å². The summed E-state index contributed by atoms with van der Waals surface area (Å²) >= 11 is 0. The lowest BCUT2D eigenvalue weighted by Gasteiger charge is -2.07. The summed E-state index contributed by atoms with van der Waals surface area (Å²) in [6, 6.07) is 0. The number of hydrogen-bond acceptors (Lipinski definition) is 5. The molecule has 0 fully saturated rings. The summed E-state index contributed by atoms with van der Waals surface area (Å²) < 4.78 is 9.81. The van der Waals surface area contributed by atoms with Crippen molar-refractivity contribution in [2.75, 3.05) is 13.2 Å². The fourth-order valence-corrected chi connectivity index (χ4v) is 1.30. The van der Waals surface area contributed by atoms with Crippen LogP contribution in [0.2, 0.25) is 0 Å². The van der Waals surface area contributed by atoms with Crippen molar-refractivity contribution in [3.8, 4) is 0 Å².